The molecule has 22 heavy (non-hydrogen) atoms. The molecule has 2 aromatic rings. The van der Waals surface area contributed by atoms with Crippen LogP contribution in [0.4, 0.5) is 0 Å². The van der Waals surface area contributed by atoms with Gasteiger partial charge < -0.3 is 10.6 Å². The summed E-state index contributed by atoms with van der Waals surface area (Å²) >= 11 is 0. The number of nitrogens with one attached hydrogen (secondary N) is 2. The Morgan fingerprint density at radius 2 is 2.18 bits per heavy atom. The molecule has 0 aliphatic heterocycles. The van der Waals surface area contributed by atoms with Gasteiger partial charge in [0, 0.05) is 20.6 Å². The van der Waals surface area contributed by atoms with Crippen LogP contribution < -0.4 is 10.6 Å². The van der Waals surface area contributed by atoms with E-state index in [1.807, 2.05) is 7.05 Å². The van der Waals surface area contributed by atoms with E-state index in [0.29, 0.717) is 12.5 Å². The normalized spacial score (nSPS) is 13.0. The van der Waals surface area contributed by atoms with E-state index in [0.717, 1.165) is 18.3 Å². The lowest BCUT2D eigenvalue weighted by molar-refractivity contribution is 0.660. The number of aliphatic imine (C=N–C) groups is 1. The summed E-state index contributed by atoms with van der Waals surface area (Å²) in [5, 5.41) is 10.6. The molecule has 1 aromatic carbocycles. The highest BCUT2D eigenvalue weighted by Gasteiger charge is 2.07. The first kappa shape index (κ1) is 16.0. The SMILES string of the molecule is CN=C(NCc1ncnn1C)NCC(C)c1cccc(C)c1. The lowest BCUT2D eigenvalue weighted by Gasteiger charge is -2.16. The van der Waals surface area contributed by atoms with Gasteiger partial charge in [0.25, 0.3) is 0 Å². The molecule has 1 aromatic heterocycles. The van der Waals surface area contributed by atoms with E-state index in [9.17, 15) is 0 Å². The van der Waals surface area contributed by atoms with Crippen LogP contribution in [0.1, 0.15) is 29.8 Å². The van der Waals surface area contributed by atoms with Crippen molar-refractivity contribution in [2.75, 3.05) is 13.6 Å². The van der Waals surface area contributed by atoms with Gasteiger partial charge in [-0.15, -0.1) is 0 Å². The first-order chi connectivity index (χ1) is 10.6. The van der Waals surface area contributed by atoms with Crippen molar-refractivity contribution in [2.24, 2.45) is 12.0 Å². The van der Waals surface area contributed by atoms with E-state index < -0.39 is 0 Å². The van der Waals surface area contributed by atoms with Crippen LogP contribution in [0.2, 0.25) is 0 Å². The molecule has 0 spiro atoms. The number of benzene rings is 1. The summed E-state index contributed by atoms with van der Waals surface area (Å²) in [5.41, 5.74) is 2.62. The van der Waals surface area contributed by atoms with Gasteiger partial charge in [0.2, 0.25) is 0 Å². The number of hydrogen-bond acceptors (Lipinski definition) is 3. The Bertz CT molecular complexity index is 631. The molecule has 0 saturated heterocycles. The van der Waals surface area contributed by atoms with E-state index in [-0.39, 0.29) is 0 Å². The van der Waals surface area contributed by atoms with Gasteiger partial charge in [-0.3, -0.25) is 9.67 Å². The zero-order valence-corrected chi connectivity index (χ0v) is 13.7. The molecule has 6 heteroatoms. The summed E-state index contributed by atoms with van der Waals surface area (Å²) < 4.78 is 1.75. The number of nitrogens with zero attached hydrogens (tertiary/aromatic N) is 4. The van der Waals surface area contributed by atoms with Gasteiger partial charge in [-0.05, 0) is 18.4 Å². The average Bonchev–Trinajstić information content (AvgIpc) is 2.92. The number of rotatable bonds is 5. The third-order valence-electron chi connectivity index (χ3n) is 3.63. The van der Waals surface area contributed by atoms with Crippen molar-refractivity contribution >= 4 is 5.96 Å². The van der Waals surface area contributed by atoms with Crippen LogP contribution in [0, 0.1) is 6.92 Å². The fourth-order valence-electron chi connectivity index (χ4n) is 2.21. The number of hydrogen-bond donors (Lipinski definition) is 2. The predicted octanol–water partition coefficient (Wildman–Crippen LogP) is 1.59. The maximum atomic E-state index is 4.24. The highest BCUT2D eigenvalue weighted by molar-refractivity contribution is 5.79. The molecule has 2 rings (SSSR count). The minimum absolute atomic E-state index is 0.410. The quantitative estimate of drug-likeness (QED) is 0.650. The molecular weight excluding hydrogens is 276 g/mol. The molecule has 1 atom stereocenters. The van der Waals surface area contributed by atoms with Gasteiger partial charge in [-0.25, -0.2) is 4.98 Å². The second kappa shape index (κ2) is 7.59. The molecule has 0 bridgehead atoms. The minimum Gasteiger partial charge on any atom is -0.356 e. The first-order valence-electron chi connectivity index (χ1n) is 7.44. The van der Waals surface area contributed by atoms with Gasteiger partial charge in [0.1, 0.15) is 12.2 Å². The maximum absolute atomic E-state index is 4.24. The van der Waals surface area contributed by atoms with Crippen molar-refractivity contribution in [2.45, 2.75) is 26.3 Å². The Hall–Kier alpha value is -2.37. The standard InChI is InChI=1S/C16H24N6/c1-12-6-5-7-14(8-12)13(2)9-18-16(17-3)19-10-15-20-11-21-22(15)4/h5-8,11,13H,9-10H2,1-4H3,(H2,17,18,19). The molecule has 0 aliphatic rings. The fraction of sp³-hybridized carbons (Fsp3) is 0.438. The molecule has 2 N–H and O–H groups in total. The highest BCUT2D eigenvalue weighted by Crippen LogP contribution is 2.15. The Morgan fingerprint density at radius 3 is 2.82 bits per heavy atom. The van der Waals surface area contributed by atoms with E-state index >= 15 is 0 Å². The fourth-order valence-corrected chi connectivity index (χ4v) is 2.21. The van der Waals surface area contributed by atoms with Gasteiger partial charge in [0.15, 0.2) is 5.96 Å². The van der Waals surface area contributed by atoms with E-state index in [1.54, 1.807) is 18.1 Å². The lowest BCUT2D eigenvalue weighted by atomic mass is 9.99. The van der Waals surface area contributed by atoms with Crippen molar-refractivity contribution in [3.8, 4) is 0 Å². The summed E-state index contributed by atoms with van der Waals surface area (Å²) in [6.07, 6.45) is 1.55. The number of guanidine groups is 1. The van der Waals surface area contributed by atoms with Crippen LogP contribution in [0.3, 0.4) is 0 Å². The molecule has 0 radical (unpaired) electrons. The topological polar surface area (TPSA) is 67.1 Å². The smallest absolute Gasteiger partial charge is 0.191 e. The second-order valence-electron chi connectivity index (χ2n) is 5.42. The Morgan fingerprint density at radius 1 is 1.36 bits per heavy atom. The largest absolute Gasteiger partial charge is 0.356 e. The van der Waals surface area contributed by atoms with Crippen LogP contribution >= 0.6 is 0 Å². The first-order valence-corrected chi connectivity index (χ1v) is 7.44. The third-order valence-corrected chi connectivity index (χ3v) is 3.63. The molecule has 6 nitrogen and oxygen atoms in total. The van der Waals surface area contributed by atoms with Crippen LogP contribution in [0.25, 0.3) is 0 Å². The van der Waals surface area contributed by atoms with Crippen LogP contribution in [0.5, 0.6) is 0 Å². The average molecular weight is 300 g/mol. The van der Waals surface area contributed by atoms with Crippen LogP contribution in [0.15, 0.2) is 35.6 Å². The molecular formula is C16H24N6. The lowest BCUT2D eigenvalue weighted by Crippen LogP contribution is -2.39. The molecule has 0 aliphatic carbocycles. The van der Waals surface area contributed by atoms with Gasteiger partial charge >= 0.3 is 0 Å². The highest BCUT2D eigenvalue weighted by atomic mass is 15.3. The number of aryl methyl sites for hydroxylation is 2. The Labute approximate surface area is 131 Å². The van der Waals surface area contributed by atoms with Crippen molar-refractivity contribution in [3.63, 3.8) is 0 Å². The van der Waals surface area contributed by atoms with E-state index in [2.05, 4.69) is 63.8 Å². The van der Waals surface area contributed by atoms with Crippen molar-refractivity contribution in [3.05, 3.63) is 47.5 Å². The summed E-state index contributed by atoms with van der Waals surface area (Å²) in [6, 6.07) is 8.60. The summed E-state index contributed by atoms with van der Waals surface area (Å²) in [6.45, 7) is 5.74. The predicted molar refractivity (Wildman–Crippen MR) is 88.8 cm³/mol. The number of aromatic nitrogens is 3. The molecule has 1 unspecified atom stereocenters. The van der Waals surface area contributed by atoms with Crippen LogP contribution in [-0.4, -0.2) is 34.3 Å². The Balaban J connectivity index is 1.85. The van der Waals surface area contributed by atoms with E-state index in [4.69, 9.17) is 0 Å². The maximum Gasteiger partial charge on any atom is 0.191 e. The monoisotopic (exact) mass is 300 g/mol. The molecule has 1 heterocycles. The van der Waals surface area contributed by atoms with Gasteiger partial charge in [-0.1, -0.05) is 36.8 Å². The minimum atomic E-state index is 0.410. The van der Waals surface area contributed by atoms with Gasteiger partial charge in [-0.2, -0.15) is 5.10 Å². The van der Waals surface area contributed by atoms with Crippen LogP contribution in [-0.2, 0) is 13.6 Å². The summed E-state index contributed by atoms with van der Waals surface area (Å²) in [5.74, 6) is 2.05. The molecule has 118 valence electrons. The van der Waals surface area contributed by atoms with Crippen molar-refractivity contribution < 1.29 is 0 Å². The summed E-state index contributed by atoms with van der Waals surface area (Å²) in [7, 11) is 3.64. The molecule has 0 fully saturated rings. The zero-order valence-electron chi connectivity index (χ0n) is 13.7. The zero-order chi connectivity index (χ0) is 15.9. The van der Waals surface area contributed by atoms with E-state index in [1.165, 1.54) is 11.1 Å². The van der Waals surface area contributed by atoms with Crippen molar-refractivity contribution in [1.29, 1.82) is 0 Å². The third kappa shape index (κ3) is 4.31. The van der Waals surface area contributed by atoms with Crippen molar-refractivity contribution in [1.82, 2.24) is 25.4 Å². The summed E-state index contributed by atoms with van der Waals surface area (Å²) in [4.78, 5) is 8.42. The molecule has 0 saturated carbocycles. The molecule has 0 amide bonds. The van der Waals surface area contributed by atoms with Gasteiger partial charge in [0.05, 0.1) is 6.54 Å². The second-order valence-corrected chi connectivity index (χ2v) is 5.42. The Kier molecular flexibility index (Phi) is 5.52.